The highest BCUT2D eigenvalue weighted by molar-refractivity contribution is 5.36. The third kappa shape index (κ3) is 1.45. The van der Waals surface area contributed by atoms with Crippen LogP contribution in [0.5, 0.6) is 0 Å². The van der Waals surface area contributed by atoms with E-state index in [-0.39, 0.29) is 5.60 Å². The standard InChI is InChI=1S/C11H16O2/c1-9-3-6-13-11(10(9)2)4-7-12-8-5-11/h1-8H2. The van der Waals surface area contributed by atoms with E-state index in [1.165, 1.54) is 0 Å². The molecule has 72 valence electrons. The molecular formula is C11H16O2. The molecule has 1 spiro atoms. The summed E-state index contributed by atoms with van der Waals surface area (Å²) in [5, 5.41) is 0. The van der Waals surface area contributed by atoms with Crippen molar-refractivity contribution in [3.8, 4) is 0 Å². The molecule has 0 amide bonds. The first-order valence-corrected chi connectivity index (χ1v) is 4.84. The Labute approximate surface area is 79.2 Å². The lowest BCUT2D eigenvalue weighted by Crippen LogP contribution is -2.43. The zero-order valence-electron chi connectivity index (χ0n) is 7.97. The van der Waals surface area contributed by atoms with Crippen LogP contribution in [-0.2, 0) is 9.47 Å². The molecule has 2 aliphatic heterocycles. The van der Waals surface area contributed by atoms with E-state index >= 15 is 0 Å². The van der Waals surface area contributed by atoms with Crippen molar-refractivity contribution in [3.05, 3.63) is 24.3 Å². The summed E-state index contributed by atoms with van der Waals surface area (Å²) in [6, 6.07) is 0. The maximum Gasteiger partial charge on any atom is 0.0972 e. The molecule has 2 saturated heterocycles. The van der Waals surface area contributed by atoms with Crippen LogP contribution in [0.15, 0.2) is 24.3 Å². The Morgan fingerprint density at radius 2 is 1.77 bits per heavy atom. The van der Waals surface area contributed by atoms with E-state index in [0.717, 1.165) is 50.2 Å². The minimum atomic E-state index is -0.131. The van der Waals surface area contributed by atoms with Crippen LogP contribution < -0.4 is 0 Å². The molecule has 13 heavy (non-hydrogen) atoms. The molecule has 0 atom stereocenters. The molecule has 0 aromatic carbocycles. The third-order valence-corrected chi connectivity index (χ3v) is 3.06. The molecule has 2 rings (SSSR count). The first kappa shape index (κ1) is 8.97. The summed E-state index contributed by atoms with van der Waals surface area (Å²) in [5.41, 5.74) is 2.13. The molecular weight excluding hydrogens is 164 g/mol. The molecule has 0 aliphatic carbocycles. The Balaban J connectivity index is 2.18. The highest BCUT2D eigenvalue weighted by Crippen LogP contribution is 2.39. The Morgan fingerprint density at radius 1 is 1.08 bits per heavy atom. The van der Waals surface area contributed by atoms with Crippen LogP contribution in [-0.4, -0.2) is 25.4 Å². The van der Waals surface area contributed by atoms with Gasteiger partial charge in [0, 0.05) is 26.1 Å². The lowest BCUT2D eigenvalue weighted by Gasteiger charge is -2.42. The van der Waals surface area contributed by atoms with Gasteiger partial charge in [-0.3, -0.25) is 0 Å². The lowest BCUT2D eigenvalue weighted by atomic mass is 9.80. The molecule has 0 saturated carbocycles. The summed E-state index contributed by atoms with van der Waals surface area (Å²) in [6.45, 7) is 10.5. The van der Waals surface area contributed by atoms with Gasteiger partial charge in [-0.25, -0.2) is 0 Å². The lowest BCUT2D eigenvalue weighted by molar-refractivity contribution is -0.0934. The average molecular weight is 180 g/mol. The van der Waals surface area contributed by atoms with Crippen molar-refractivity contribution >= 4 is 0 Å². The summed E-state index contributed by atoms with van der Waals surface area (Å²) in [5.74, 6) is 0. The minimum Gasteiger partial charge on any atom is -0.381 e. The second-order valence-corrected chi connectivity index (χ2v) is 3.79. The number of rotatable bonds is 0. The van der Waals surface area contributed by atoms with E-state index in [9.17, 15) is 0 Å². The van der Waals surface area contributed by atoms with E-state index < -0.39 is 0 Å². The fourth-order valence-corrected chi connectivity index (χ4v) is 2.08. The van der Waals surface area contributed by atoms with Crippen LogP contribution in [0.4, 0.5) is 0 Å². The molecule has 0 bridgehead atoms. The second kappa shape index (κ2) is 3.28. The first-order valence-electron chi connectivity index (χ1n) is 4.84. The van der Waals surface area contributed by atoms with Crippen LogP contribution in [0.1, 0.15) is 19.3 Å². The molecule has 2 heterocycles. The van der Waals surface area contributed by atoms with Gasteiger partial charge < -0.3 is 9.47 Å². The highest BCUT2D eigenvalue weighted by Gasteiger charge is 2.39. The molecule has 0 aromatic heterocycles. The highest BCUT2D eigenvalue weighted by atomic mass is 16.5. The third-order valence-electron chi connectivity index (χ3n) is 3.06. The molecule has 2 nitrogen and oxygen atoms in total. The van der Waals surface area contributed by atoms with Crippen molar-refractivity contribution in [2.75, 3.05) is 19.8 Å². The van der Waals surface area contributed by atoms with Gasteiger partial charge in [0.15, 0.2) is 0 Å². The zero-order chi connectivity index (χ0) is 9.31. The van der Waals surface area contributed by atoms with E-state index in [2.05, 4.69) is 13.2 Å². The van der Waals surface area contributed by atoms with Gasteiger partial charge in [-0.2, -0.15) is 0 Å². The van der Waals surface area contributed by atoms with Crippen molar-refractivity contribution in [2.24, 2.45) is 0 Å². The summed E-state index contributed by atoms with van der Waals surface area (Å²) >= 11 is 0. The molecule has 0 unspecified atom stereocenters. The van der Waals surface area contributed by atoms with E-state index in [1.807, 2.05) is 0 Å². The SMILES string of the molecule is C=C1CCOC2(CCOCC2)C1=C. The molecule has 2 fully saturated rings. The van der Waals surface area contributed by atoms with Gasteiger partial charge in [-0.1, -0.05) is 13.2 Å². The second-order valence-electron chi connectivity index (χ2n) is 3.79. The van der Waals surface area contributed by atoms with E-state index in [0.29, 0.717) is 0 Å². The maximum atomic E-state index is 5.85. The van der Waals surface area contributed by atoms with Crippen molar-refractivity contribution in [3.63, 3.8) is 0 Å². The summed E-state index contributed by atoms with van der Waals surface area (Å²) in [7, 11) is 0. The maximum absolute atomic E-state index is 5.85. The Bertz CT molecular complexity index is 231. The fourth-order valence-electron chi connectivity index (χ4n) is 2.08. The predicted octanol–water partition coefficient (Wildman–Crippen LogP) is 2.07. The van der Waals surface area contributed by atoms with Crippen LogP contribution in [0.3, 0.4) is 0 Å². The van der Waals surface area contributed by atoms with Gasteiger partial charge in [-0.15, -0.1) is 0 Å². The number of hydrogen-bond donors (Lipinski definition) is 0. The van der Waals surface area contributed by atoms with E-state index in [4.69, 9.17) is 9.47 Å². The van der Waals surface area contributed by atoms with Crippen LogP contribution in [0, 0.1) is 0 Å². The van der Waals surface area contributed by atoms with Gasteiger partial charge in [0.1, 0.15) is 0 Å². The first-order chi connectivity index (χ1) is 6.25. The minimum absolute atomic E-state index is 0.131. The Morgan fingerprint density at radius 3 is 2.46 bits per heavy atom. The average Bonchev–Trinajstić information content (AvgIpc) is 2.16. The van der Waals surface area contributed by atoms with Gasteiger partial charge in [0.2, 0.25) is 0 Å². The van der Waals surface area contributed by atoms with Gasteiger partial charge in [0.05, 0.1) is 12.2 Å². The largest absolute Gasteiger partial charge is 0.381 e. The van der Waals surface area contributed by atoms with Crippen molar-refractivity contribution in [2.45, 2.75) is 24.9 Å². The molecule has 0 aromatic rings. The number of ether oxygens (including phenoxy) is 2. The van der Waals surface area contributed by atoms with E-state index in [1.54, 1.807) is 0 Å². The molecule has 0 N–H and O–H groups in total. The van der Waals surface area contributed by atoms with Crippen LogP contribution in [0.25, 0.3) is 0 Å². The van der Waals surface area contributed by atoms with Crippen LogP contribution >= 0.6 is 0 Å². The Kier molecular flexibility index (Phi) is 2.26. The zero-order valence-corrected chi connectivity index (χ0v) is 7.97. The smallest absolute Gasteiger partial charge is 0.0972 e. The van der Waals surface area contributed by atoms with Gasteiger partial charge in [-0.05, 0) is 17.6 Å². The van der Waals surface area contributed by atoms with Crippen molar-refractivity contribution in [1.29, 1.82) is 0 Å². The number of hydrogen-bond acceptors (Lipinski definition) is 2. The topological polar surface area (TPSA) is 18.5 Å². The normalized spacial score (nSPS) is 28.0. The Hall–Kier alpha value is -0.600. The van der Waals surface area contributed by atoms with Gasteiger partial charge >= 0.3 is 0 Å². The molecule has 0 radical (unpaired) electrons. The quantitative estimate of drug-likeness (QED) is 0.568. The summed E-state index contributed by atoms with van der Waals surface area (Å²) < 4.78 is 11.2. The summed E-state index contributed by atoms with van der Waals surface area (Å²) in [6.07, 6.45) is 2.80. The van der Waals surface area contributed by atoms with Crippen LogP contribution in [0.2, 0.25) is 0 Å². The van der Waals surface area contributed by atoms with Crippen molar-refractivity contribution < 1.29 is 9.47 Å². The predicted molar refractivity (Wildman–Crippen MR) is 51.6 cm³/mol. The van der Waals surface area contributed by atoms with Gasteiger partial charge in [0.25, 0.3) is 0 Å². The summed E-state index contributed by atoms with van der Waals surface area (Å²) in [4.78, 5) is 0. The van der Waals surface area contributed by atoms with Crippen molar-refractivity contribution in [1.82, 2.24) is 0 Å². The molecule has 2 heteroatoms. The molecule has 2 aliphatic rings. The monoisotopic (exact) mass is 180 g/mol. The fraction of sp³-hybridized carbons (Fsp3) is 0.636.